The zero-order chi connectivity index (χ0) is 20.0. The van der Waals surface area contributed by atoms with Gasteiger partial charge in [-0.1, -0.05) is 36.4 Å². The number of hydrogen-bond acceptors (Lipinski definition) is 3. The number of para-hydroxylation sites is 2. The minimum Gasteiger partial charge on any atom is -0.362 e. The molecule has 0 amide bonds. The van der Waals surface area contributed by atoms with Gasteiger partial charge < -0.3 is 26.2 Å². The Balaban J connectivity index is 1.47. The van der Waals surface area contributed by atoms with Crippen LogP contribution in [0.3, 0.4) is 0 Å². The van der Waals surface area contributed by atoms with E-state index in [1.54, 1.807) is 0 Å². The van der Waals surface area contributed by atoms with Crippen LogP contribution in [0.25, 0.3) is 0 Å². The number of hydrogen-bond donors (Lipinski definition) is 4. The third-order valence-electron chi connectivity index (χ3n) is 4.07. The molecule has 2 aromatic rings. The van der Waals surface area contributed by atoms with Crippen LogP contribution in [0.4, 0.5) is 11.4 Å². The molecule has 0 unspecified atom stereocenters. The van der Waals surface area contributed by atoms with E-state index in [1.807, 2.05) is 60.7 Å². The van der Waals surface area contributed by atoms with E-state index in [-0.39, 0.29) is 0 Å². The Morgan fingerprint density at radius 1 is 0.714 bits per heavy atom. The molecule has 28 heavy (non-hydrogen) atoms. The summed E-state index contributed by atoms with van der Waals surface area (Å²) in [5, 5.41) is 14.2. The molecule has 0 saturated carbocycles. The average Bonchev–Trinajstić information content (AvgIpc) is 2.70. The molecule has 0 atom stereocenters. The second-order valence-electron chi connectivity index (χ2n) is 6.50. The third-order valence-corrected chi connectivity index (χ3v) is 4.56. The number of benzene rings is 2. The molecule has 0 aliphatic carbocycles. The zero-order valence-corrected chi connectivity index (χ0v) is 17.9. The quantitative estimate of drug-likeness (QED) is 0.349. The minimum absolute atomic E-state index is 0.664. The van der Waals surface area contributed by atoms with Gasteiger partial charge in [0.25, 0.3) is 0 Å². The SMILES string of the molecule is CN(CCCNC(=S)Nc1ccccc1)CCCNC(=S)Nc1ccccc1. The highest BCUT2D eigenvalue weighted by molar-refractivity contribution is 7.80. The van der Waals surface area contributed by atoms with E-state index in [0.29, 0.717) is 10.2 Å². The molecule has 2 aromatic carbocycles. The standard InChI is InChI=1S/C21H29N5S2/c1-26(16-8-14-22-20(27)24-18-10-4-2-5-11-18)17-9-15-23-21(28)25-19-12-6-3-7-13-19/h2-7,10-13H,8-9,14-17H2,1H3,(H2,22,24,27)(H2,23,25,28). The third kappa shape index (κ3) is 9.64. The van der Waals surface area contributed by atoms with Gasteiger partial charge in [-0.3, -0.25) is 0 Å². The van der Waals surface area contributed by atoms with E-state index >= 15 is 0 Å². The maximum Gasteiger partial charge on any atom is 0.170 e. The molecule has 5 nitrogen and oxygen atoms in total. The lowest BCUT2D eigenvalue weighted by atomic mass is 10.3. The van der Waals surface area contributed by atoms with Crippen LogP contribution in [0.2, 0.25) is 0 Å². The van der Waals surface area contributed by atoms with E-state index in [0.717, 1.165) is 50.4 Å². The lowest BCUT2D eigenvalue weighted by molar-refractivity contribution is 0.325. The lowest BCUT2D eigenvalue weighted by Gasteiger charge is -2.18. The van der Waals surface area contributed by atoms with Crippen molar-refractivity contribution in [2.45, 2.75) is 12.8 Å². The highest BCUT2D eigenvalue weighted by atomic mass is 32.1. The molecule has 150 valence electrons. The second kappa shape index (κ2) is 13.0. The number of nitrogens with zero attached hydrogens (tertiary/aromatic N) is 1. The fraction of sp³-hybridized carbons (Fsp3) is 0.333. The van der Waals surface area contributed by atoms with Gasteiger partial charge in [0.15, 0.2) is 10.2 Å². The highest BCUT2D eigenvalue weighted by Crippen LogP contribution is 2.05. The molecule has 0 aliphatic rings. The Bertz CT molecular complexity index is 648. The maximum atomic E-state index is 5.31. The molecule has 0 fully saturated rings. The first-order valence-corrected chi connectivity index (χ1v) is 10.3. The van der Waals surface area contributed by atoms with Crippen molar-refractivity contribution in [1.82, 2.24) is 15.5 Å². The van der Waals surface area contributed by atoms with Crippen LogP contribution in [0.1, 0.15) is 12.8 Å². The van der Waals surface area contributed by atoms with E-state index in [4.69, 9.17) is 24.4 Å². The summed E-state index contributed by atoms with van der Waals surface area (Å²) in [5.41, 5.74) is 2.01. The highest BCUT2D eigenvalue weighted by Gasteiger charge is 2.01. The Labute approximate surface area is 178 Å². The van der Waals surface area contributed by atoms with Gasteiger partial charge in [0.05, 0.1) is 0 Å². The van der Waals surface area contributed by atoms with Gasteiger partial charge in [0.2, 0.25) is 0 Å². The van der Waals surface area contributed by atoms with Crippen LogP contribution in [-0.4, -0.2) is 48.4 Å². The van der Waals surface area contributed by atoms with Gasteiger partial charge >= 0.3 is 0 Å². The lowest BCUT2D eigenvalue weighted by Crippen LogP contribution is -2.33. The van der Waals surface area contributed by atoms with Gasteiger partial charge in [0.1, 0.15) is 0 Å². The topological polar surface area (TPSA) is 51.4 Å². The van der Waals surface area contributed by atoms with Crippen molar-refractivity contribution in [2.75, 3.05) is 43.9 Å². The Hall–Kier alpha value is -2.22. The van der Waals surface area contributed by atoms with Crippen molar-refractivity contribution in [3.05, 3.63) is 60.7 Å². The Morgan fingerprint density at radius 3 is 1.50 bits per heavy atom. The fourth-order valence-corrected chi connectivity index (χ4v) is 3.05. The van der Waals surface area contributed by atoms with Crippen molar-refractivity contribution >= 4 is 46.0 Å². The minimum atomic E-state index is 0.664. The van der Waals surface area contributed by atoms with Crippen molar-refractivity contribution in [1.29, 1.82) is 0 Å². The van der Waals surface area contributed by atoms with E-state index in [1.165, 1.54) is 0 Å². The number of rotatable bonds is 10. The van der Waals surface area contributed by atoms with Crippen molar-refractivity contribution in [2.24, 2.45) is 0 Å². The number of anilines is 2. The molecule has 4 N–H and O–H groups in total. The van der Waals surface area contributed by atoms with Crippen LogP contribution in [0.15, 0.2) is 60.7 Å². The maximum absolute atomic E-state index is 5.31. The molecule has 0 bridgehead atoms. The van der Waals surface area contributed by atoms with Crippen LogP contribution < -0.4 is 21.3 Å². The van der Waals surface area contributed by atoms with Gasteiger partial charge in [-0.05, 0) is 81.7 Å². The summed E-state index contributed by atoms with van der Waals surface area (Å²) < 4.78 is 0. The zero-order valence-electron chi connectivity index (χ0n) is 16.3. The predicted octanol–water partition coefficient (Wildman–Crippen LogP) is 3.67. The molecule has 0 aromatic heterocycles. The average molecular weight is 416 g/mol. The smallest absolute Gasteiger partial charge is 0.170 e. The van der Waals surface area contributed by atoms with Crippen molar-refractivity contribution < 1.29 is 0 Å². The fourth-order valence-electron chi connectivity index (χ4n) is 2.61. The van der Waals surface area contributed by atoms with Crippen LogP contribution in [-0.2, 0) is 0 Å². The largest absolute Gasteiger partial charge is 0.362 e. The van der Waals surface area contributed by atoms with E-state index in [2.05, 4.69) is 33.2 Å². The first-order valence-electron chi connectivity index (χ1n) is 9.52. The summed E-state index contributed by atoms with van der Waals surface area (Å²) in [5.74, 6) is 0. The molecular formula is C21H29N5S2. The number of thiocarbonyl (C=S) groups is 2. The van der Waals surface area contributed by atoms with E-state index < -0.39 is 0 Å². The summed E-state index contributed by atoms with van der Waals surface area (Å²) in [4.78, 5) is 2.32. The van der Waals surface area contributed by atoms with Crippen molar-refractivity contribution in [3.63, 3.8) is 0 Å². The summed E-state index contributed by atoms with van der Waals surface area (Å²) in [6.45, 7) is 3.75. The van der Waals surface area contributed by atoms with Gasteiger partial charge in [-0.2, -0.15) is 0 Å². The van der Waals surface area contributed by atoms with Gasteiger partial charge in [-0.25, -0.2) is 0 Å². The summed E-state index contributed by atoms with van der Waals surface area (Å²) >= 11 is 10.6. The molecular weight excluding hydrogens is 386 g/mol. The first-order chi connectivity index (χ1) is 13.6. The molecule has 0 aliphatic heterocycles. The summed E-state index contributed by atoms with van der Waals surface area (Å²) in [6.07, 6.45) is 2.07. The monoisotopic (exact) mass is 415 g/mol. The Kier molecular flexibility index (Phi) is 10.3. The molecule has 0 radical (unpaired) electrons. The predicted molar refractivity (Wildman–Crippen MR) is 128 cm³/mol. The number of nitrogens with one attached hydrogen (secondary N) is 4. The van der Waals surface area contributed by atoms with Gasteiger partial charge in [0, 0.05) is 24.5 Å². The molecule has 0 saturated heterocycles. The van der Waals surface area contributed by atoms with Gasteiger partial charge in [-0.15, -0.1) is 0 Å². The molecule has 0 spiro atoms. The molecule has 2 rings (SSSR count). The second-order valence-corrected chi connectivity index (χ2v) is 7.32. The Morgan fingerprint density at radius 2 is 1.11 bits per heavy atom. The van der Waals surface area contributed by atoms with Crippen LogP contribution in [0.5, 0.6) is 0 Å². The first kappa shape index (κ1) is 22.1. The molecule has 7 heteroatoms. The molecule has 0 heterocycles. The van der Waals surface area contributed by atoms with Crippen molar-refractivity contribution in [3.8, 4) is 0 Å². The normalized spacial score (nSPS) is 10.4. The summed E-state index contributed by atoms with van der Waals surface area (Å²) in [7, 11) is 2.14. The van der Waals surface area contributed by atoms with Crippen LogP contribution in [0, 0.1) is 0 Å². The van der Waals surface area contributed by atoms with Crippen LogP contribution >= 0.6 is 24.4 Å². The van der Waals surface area contributed by atoms with E-state index in [9.17, 15) is 0 Å². The summed E-state index contributed by atoms with van der Waals surface area (Å²) in [6, 6.07) is 19.9.